The first-order valence-corrected chi connectivity index (χ1v) is 9.06. The molecular weight excluding hydrogens is 296 g/mol. The summed E-state index contributed by atoms with van der Waals surface area (Å²) in [5, 5.41) is 12.0. The molecule has 122 valence electrons. The molecule has 0 unspecified atom stereocenters. The monoisotopic (exact) mass is 320 g/mol. The molecule has 1 fully saturated rings. The molecule has 7 nitrogen and oxygen atoms in total. The lowest BCUT2D eigenvalue weighted by atomic mass is 9.77. The van der Waals surface area contributed by atoms with Crippen molar-refractivity contribution in [1.29, 1.82) is 0 Å². The van der Waals surface area contributed by atoms with Crippen LogP contribution >= 0.6 is 0 Å². The average molecular weight is 320 g/mol. The van der Waals surface area contributed by atoms with Crippen LogP contribution in [-0.2, 0) is 14.6 Å². The fraction of sp³-hybridized carbons (Fsp3) is 0.846. The fourth-order valence-electron chi connectivity index (χ4n) is 2.35. The minimum atomic E-state index is -3.16. The highest BCUT2D eigenvalue weighted by Crippen LogP contribution is 2.32. The van der Waals surface area contributed by atoms with Gasteiger partial charge in [0, 0.05) is 19.8 Å². The van der Waals surface area contributed by atoms with Gasteiger partial charge in [-0.1, -0.05) is 6.92 Å². The van der Waals surface area contributed by atoms with Gasteiger partial charge in [-0.2, -0.15) is 0 Å². The van der Waals surface area contributed by atoms with Crippen molar-refractivity contribution >= 4 is 21.8 Å². The number of hydrogen-bond donors (Lipinski definition) is 2. The van der Waals surface area contributed by atoms with Gasteiger partial charge < -0.3 is 15.3 Å². The number of carbonyl (C=O) groups is 2. The summed E-state index contributed by atoms with van der Waals surface area (Å²) in [6, 6.07) is -0.546. The molecule has 1 rings (SSSR count). The Hall–Kier alpha value is -1.31. The number of carboxylic acids is 1. The maximum Gasteiger partial charge on any atom is 0.329 e. The Kier molecular flexibility index (Phi) is 5.61. The molecule has 8 heteroatoms. The maximum absolute atomic E-state index is 12.1. The predicted octanol–water partition coefficient (Wildman–Crippen LogP) is 0.706. The van der Waals surface area contributed by atoms with Gasteiger partial charge in [-0.15, -0.1) is 0 Å². The number of carboxylic acid groups (broad SMARTS) is 1. The van der Waals surface area contributed by atoms with E-state index in [0.29, 0.717) is 18.8 Å². The van der Waals surface area contributed by atoms with Crippen LogP contribution in [0.2, 0.25) is 0 Å². The van der Waals surface area contributed by atoms with E-state index in [1.165, 1.54) is 11.9 Å². The number of aliphatic carboxylic acids is 1. The number of carbonyl (C=O) groups excluding carboxylic acids is 1. The Morgan fingerprint density at radius 1 is 1.33 bits per heavy atom. The number of sulfone groups is 1. The van der Waals surface area contributed by atoms with E-state index >= 15 is 0 Å². The Morgan fingerprint density at radius 2 is 1.86 bits per heavy atom. The van der Waals surface area contributed by atoms with Gasteiger partial charge in [-0.25, -0.2) is 18.0 Å². The normalized spacial score (nSPS) is 26.1. The van der Waals surface area contributed by atoms with Crippen LogP contribution in [0.4, 0.5) is 4.79 Å². The van der Waals surface area contributed by atoms with E-state index in [4.69, 9.17) is 0 Å². The number of rotatable bonds is 5. The lowest BCUT2D eigenvalue weighted by Crippen LogP contribution is -2.59. The van der Waals surface area contributed by atoms with Crippen LogP contribution in [0.5, 0.6) is 0 Å². The minimum Gasteiger partial charge on any atom is -0.480 e. The third-order valence-corrected chi connectivity index (χ3v) is 4.95. The second-order valence-corrected chi connectivity index (χ2v) is 8.31. The third-order valence-electron chi connectivity index (χ3n) is 4.03. The molecule has 0 spiro atoms. The van der Waals surface area contributed by atoms with Crippen molar-refractivity contribution in [3.05, 3.63) is 0 Å². The zero-order valence-electron chi connectivity index (χ0n) is 12.8. The SMILES string of the molecule is CC1CCC(NC(=O)N(C)CCS(C)(=O)=O)(C(=O)O)CC1. The van der Waals surface area contributed by atoms with Crippen molar-refractivity contribution in [1.82, 2.24) is 10.2 Å². The summed E-state index contributed by atoms with van der Waals surface area (Å²) in [4.78, 5) is 24.8. The number of nitrogens with zero attached hydrogens (tertiary/aromatic N) is 1. The van der Waals surface area contributed by atoms with E-state index in [-0.39, 0.29) is 12.3 Å². The fourth-order valence-corrected chi connectivity index (χ4v) is 2.96. The molecule has 2 amide bonds. The van der Waals surface area contributed by atoms with E-state index in [2.05, 4.69) is 12.2 Å². The highest BCUT2D eigenvalue weighted by molar-refractivity contribution is 7.90. The first-order valence-electron chi connectivity index (χ1n) is 7.00. The summed E-state index contributed by atoms with van der Waals surface area (Å²) in [5.74, 6) is -0.717. The van der Waals surface area contributed by atoms with Crippen LogP contribution in [0, 0.1) is 5.92 Å². The lowest BCUT2D eigenvalue weighted by Gasteiger charge is -2.37. The summed E-state index contributed by atoms with van der Waals surface area (Å²) >= 11 is 0. The van der Waals surface area contributed by atoms with Gasteiger partial charge in [0.15, 0.2) is 0 Å². The first kappa shape index (κ1) is 17.7. The minimum absolute atomic E-state index is 0.0385. The Bertz CT molecular complexity index is 495. The predicted molar refractivity (Wildman–Crippen MR) is 78.9 cm³/mol. The van der Waals surface area contributed by atoms with Gasteiger partial charge in [0.05, 0.1) is 5.75 Å². The maximum atomic E-state index is 12.1. The Morgan fingerprint density at radius 3 is 2.29 bits per heavy atom. The van der Waals surface area contributed by atoms with E-state index < -0.39 is 27.4 Å². The van der Waals surface area contributed by atoms with E-state index in [9.17, 15) is 23.1 Å². The molecular formula is C13H24N2O5S. The largest absolute Gasteiger partial charge is 0.480 e. The molecule has 0 atom stereocenters. The summed E-state index contributed by atoms with van der Waals surface area (Å²) in [5.41, 5.74) is -1.23. The molecule has 0 aromatic carbocycles. The van der Waals surface area contributed by atoms with Crippen LogP contribution in [-0.4, -0.2) is 61.6 Å². The van der Waals surface area contributed by atoms with Crippen molar-refractivity contribution < 1.29 is 23.1 Å². The standard InChI is InChI=1S/C13H24N2O5S/c1-10-4-6-13(7-5-10,11(16)17)14-12(18)15(2)8-9-21(3,19)20/h10H,4-9H2,1-3H3,(H,14,18)(H,16,17). The number of nitrogens with one attached hydrogen (secondary N) is 1. The number of amides is 2. The molecule has 0 radical (unpaired) electrons. The smallest absolute Gasteiger partial charge is 0.329 e. The lowest BCUT2D eigenvalue weighted by molar-refractivity contribution is -0.146. The molecule has 0 aromatic heterocycles. The van der Waals surface area contributed by atoms with Crippen LogP contribution in [0.15, 0.2) is 0 Å². The molecule has 1 aliphatic carbocycles. The highest BCUT2D eigenvalue weighted by Gasteiger charge is 2.43. The summed E-state index contributed by atoms with van der Waals surface area (Å²) in [7, 11) is -1.70. The van der Waals surface area contributed by atoms with E-state index in [1.54, 1.807) is 0 Å². The Balaban J connectivity index is 2.67. The zero-order chi connectivity index (χ0) is 16.3. The van der Waals surface area contributed by atoms with Gasteiger partial charge >= 0.3 is 12.0 Å². The van der Waals surface area contributed by atoms with Crippen LogP contribution in [0.25, 0.3) is 0 Å². The molecule has 2 N–H and O–H groups in total. The molecule has 0 bridgehead atoms. The highest BCUT2D eigenvalue weighted by atomic mass is 32.2. The van der Waals surface area contributed by atoms with Gasteiger partial charge in [0.2, 0.25) is 0 Å². The first-order chi connectivity index (χ1) is 9.56. The molecule has 0 heterocycles. The summed E-state index contributed by atoms with van der Waals surface area (Å²) in [6.07, 6.45) is 3.39. The van der Waals surface area contributed by atoms with Gasteiger partial charge in [-0.05, 0) is 31.6 Å². The molecule has 1 saturated carbocycles. The Labute approximate surface area is 125 Å². The van der Waals surface area contributed by atoms with Crippen LogP contribution < -0.4 is 5.32 Å². The zero-order valence-corrected chi connectivity index (χ0v) is 13.6. The van der Waals surface area contributed by atoms with Crippen LogP contribution in [0.1, 0.15) is 32.6 Å². The summed E-state index contributed by atoms with van der Waals surface area (Å²) in [6.45, 7) is 2.10. The van der Waals surface area contributed by atoms with Crippen molar-refractivity contribution in [3.8, 4) is 0 Å². The van der Waals surface area contributed by atoms with E-state index in [1.807, 2.05) is 0 Å². The average Bonchev–Trinajstić information content (AvgIpc) is 2.37. The molecule has 21 heavy (non-hydrogen) atoms. The van der Waals surface area contributed by atoms with Crippen molar-refractivity contribution in [2.75, 3.05) is 25.6 Å². The van der Waals surface area contributed by atoms with Crippen LogP contribution in [0.3, 0.4) is 0 Å². The molecule has 0 aliphatic heterocycles. The second kappa shape index (κ2) is 6.64. The quantitative estimate of drug-likeness (QED) is 0.776. The number of urea groups is 1. The van der Waals surface area contributed by atoms with Gasteiger partial charge in [-0.3, -0.25) is 0 Å². The van der Waals surface area contributed by atoms with Crippen molar-refractivity contribution in [2.45, 2.75) is 38.1 Å². The second-order valence-electron chi connectivity index (χ2n) is 6.05. The van der Waals surface area contributed by atoms with Crippen molar-refractivity contribution in [3.63, 3.8) is 0 Å². The molecule has 1 aliphatic rings. The van der Waals surface area contributed by atoms with E-state index in [0.717, 1.165) is 19.1 Å². The van der Waals surface area contributed by atoms with Gasteiger partial charge in [0.1, 0.15) is 15.4 Å². The summed E-state index contributed by atoms with van der Waals surface area (Å²) < 4.78 is 22.2. The molecule has 0 aromatic rings. The third kappa shape index (κ3) is 5.18. The van der Waals surface area contributed by atoms with Crippen molar-refractivity contribution in [2.24, 2.45) is 5.92 Å². The topological polar surface area (TPSA) is 104 Å². The molecule has 0 saturated heterocycles. The number of hydrogen-bond acceptors (Lipinski definition) is 4. The van der Waals surface area contributed by atoms with Gasteiger partial charge in [0.25, 0.3) is 0 Å².